The highest BCUT2D eigenvalue weighted by molar-refractivity contribution is 5.87. The molecule has 0 unspecified atom stereocenters. The highest BCUT2D eigenvalue weighted by Crippen LogP contribution is 2.36. The van der Waals surface area contributed by atoms with Crippen LogP contribution in [0, 0.1) is 5.41 Å². The molecule has 4 heteroatoms. The van der Waals surface area contributed by atoms with Gasteiger partial charge in [0.05, 0.1) is 5.39 Å². The van der Waals surface area contributed by atoms with Crippen molar-refractivity contribution in [2.45, 2.75) is 33.1 Å². The maximum absolute atomic E-state index is 4.47. The molecule has 2 aromatic rings. The van der Waals surface area contributed by atoms with Crippen LogP contribution in [0.1, 0.15) is 33.1 Å². The Morgan fingerprint density at radius 3 is 2.83 bits per heavy atom. The lowest BCUT2D eigenvalue weighted by atomic mass is 9.78. The summed E-state index contributed by atoms with van der Waals surface area (Å²) in [5, 5.41) is 1.14. The molecule has 3 heterocycles. The summed E-state index contributed by atoms with van der Waals surface area (Å²) in [7, 11) is 0. The normalized spacial score (nSPS) is 19.3. The second-order valence-corrected chi connectivity index (χ2v) is 5.59. The molecule has 2 aromatic heterocycles. The van der Waals surface area contributed by atoms with Crippen LogP contribution in [0.4, 0.5) is 5.82 Å². The summed E-state index contributed by atoms with van der Waals surface area (Å²) in [5.74, 6) is 1.08. The number of rotatable bonds is 2. The molecule has 1 saturated heterocycles. The molecule has 3 rings (SSSR count). The Balaban J connectivity index is 1.86. The van der Waals surface area contributed by atoms with E-state index in [9.17, 15) is 0 Å². The van der Waals surface area contributed by atoms with Gasteiger partial charge in [-0.25, -0.2) is 9.97 Å². The van der Waals surface area contributed by atoms with Gasteiger partial charge in [-0.15, -0.1) is 0 Å². The van der Waals surface area contributed by atoms with Crippen LogP contribution in [0.5, 0.6) is 0 Å². The van der Waals surface area contributed by atoms with Gasteiger partial charge in [0.25, 0.3) is 0 Å². The first-order valence-corrected chi connectivity index (χ1v) is 6.75. The third-order valence-corrected chi connectivity index (χ3v) is 4.46. The summed E-state index contributed by atoms with van der Waals surface area (Å²) >= 11 is 0. The van der Waals surface area contributed by atoms with E-state index in [1.807, 2.05) is 6.20 Å². The second kappa shape index (κ2) is 4.26. The molecule has 0 aromatic carbocycles. The van der Waals surface area contributed by atoms with Crippen LogP contribution < -0.4 is 4.90 Å². The molecule has 1 aliphatic rings. The van der Waals surface area contributed by atoms with Gasteiger partial charge < -0.3 is 9.88 Å². The Bertz CT molecular complexity index is 537. The standard InChI is InChI=1S/C14H20N4/c1-3-14(2)5-8-18(9-6-14)13-11-4-7-15-12(11)16-10-17-13/h4,7,10H,3,5-6,8-9H2,1-2H3,(H,15,16,17). The number of nitrogens with zero attached hydrogens (tertiary/aromatic N) is 3. The van der Waals surface area contributed by atoms with Gasteiger partial charge in [-0.05, 0) is 24.3 Å². The summed E-state index contributed by atoms with van der Waals surface area (Å²) in [6.45, 7) is 6.89. The summed E-state index contributed by atoms with van der Waals surface area (Å²) in [5.41, 5.74) is 1.45. The summed E-state index contributed by atoms with van der Waals surface area (Å²) in [6.07, 6.45) is 7.35. The van der Waals surface area contributed by atoms with Crippen molar-refractivity contribution in [3.8, 4) is 0 Å². The largest absolute Gasteiger partial charge is 0.356 e. The minimum Gasteiger partial charge on any atom is -0.356 e. The molecule has 1 aliphatic heterocycles. The summed E-state index contributed by atoms with van der Waals surface area (Å²) in [4.78, 5) is 14.3. The number of anilines is 1. The lowest BCUT2D eigenvalue weighted by Gasteiger charge is -2.39. The fourth-order valence-electron chi connectivity index (χ4n) is 2.72. The minimum absolute atomic E-state index is 0.515. The first kappa shape index (κ1) is 11.5. The van der Waals surface area contributed by atoms with Gasteiger partial charge in [0.2, 0.25) is 0 Å². The summed E-state index contributed by atoms with van der Waals surface area (Å²) in [6, 6.07) is 2.07. The van der Waals surface area contributed by atoms with Gasteiger partial charge in [0.15, 0.2) is 0 Å². The zero-order valence-electron chi connectivity index (χ0n) is 11.1. The molecule has 1 fully saturated rings. The number of fused-ring (bicyclic) bond motifs is 1. The fraction of sp³-hybridized carbons (Fsp3) is 0.571. The van der Waals surface area contributed by atoms with E-state index in [0.29, 0.717) is 5.41 Å². The molecule has 0 radical (unpaired) electrons. The molecular formula is C14H20N4. The molecular weight excluding hydrogens is 224 g/mol. The fourth-order valence-corrected chi connectivity index (χ4v) is 2.72. The average Bonchev–Trinajstić information content (AvgIpc) is 2.88. The molecule has 0 saturated carbocycles. The first-order valence-electron chi connectivity index (χ1n) is 6.75. The molecule has 1 N–H and O–H groups in total. The predicted molar refractivity (Wildman–Crippen MR) is 73.7 cm³/mol. The maximum Gasteiger partial charge on any atom is 0.142 e. The van der Waals surface area contributed by atoms with Crippen molar-refractivity contribution < 1.29 is 0 Å². The Hall–Kier alpha value is -1.58. The molecule has 96 valence electrons. The Labute approximate surface area is 107 Å². The van der Waals surface area contributed by atoms with E-state index in [0.717, 1.165) is 29.9 Å². The number of hydrogen-bond donors (Lipinski definition) is 1. The van der Waals surface area contributed by atoms with E-state index in [2.05, 4.69) is 39.8 Å². The monoisotopic (exact) mass is 244 g/mol. The lowest BCUT2D eigenvalue weighted by Crippen LogP contribution is -2.38. The van der Waals surface area contributed by atoms with Crippen molar-refractivity contribution in [2.75, 3.05) is 18.0 Å². The van der Waals surface area contributed by atoms with E-state index in [-0.39, 0.29) is 0 Å². The van der Waals surface area contributed by atoms with Crippen LogP contribution in [0.2, 0.25) is 0 Å². The van der Waals surface area contributed by atoms with Crippen molar-refractivity contribution in [1.82, 2.24) is 15.0 Å². The van der Waals surface area contributed by atoms with Crippen molar-refractivity contribution in [3.05, 3.63) is 18.6 Å². The van der Waals surface area contributed by atoms with E-state index < -0.39 is 0 Å². The van der Waals surface area contributed by atoms with Gasteiger partial charge in [0, 0.05) is 19.3 Å². The predicted octanol–water partition coefficient (Wildman–Crippen LogP) is 2.97. The Morgan fingerprint density at radius 1 is 1.33 bits per heavy atom. The van der Waals surface area contributed by atoms with E-state index in [1.165, 1.54) is 19.3 Å². The lowest BCUT2D eigenvalue weighted by molar-refractivity contribution is 0.238. The van der Waals surface area contributed by atoms with Crippen LogP contribution in [0.3, 0.4) is 0 Å². The zero-order valence-corrected chi connectivity index (χ0v) is 11.1. The molecule has 0 aliphatic carbocycles. The molecule has 18 heavy (non-hydrogen) atoms. The zero-order chi connectivity index (χ0) is 12.6. The molecule has 0 spiro atoms. The smallest absolute Gasteiger partial charge is 0.142 e. The second-order valence-electron chi connectivity index (χ2n) is 5.59. The highest BCUT2D eigenvalue weighted by atomic mass is 15.2. The van der Waals surface area contributed by atoms with Gasteiger partial charge in [-0.1, -0.05) is 20.3 Å². The number of H-pyrrole nitrogens is 1. The maximum atomic E-state index is 4.47. The number of aromatic amines is 1. The van der Waals surface area contributed by atoms with Crippen LogP contribution in [0.25, 0.3) is 11.0 Å². The van der Waals surface area contributed by atoms with Gasteiger partial charge in [-0.3, -0.25) is 0 Å². The van der Waals surface area contributed by atoms with Crippen LogP contribution in [-0.2, 0) is 0 Å². The molecule has 4 nitrogen and oxygen atoms in total. The number of aromatic nitrogens is 3. The van der Waals surface area contributed by atoms with Crippen LogP contribution in [0.15, 0.2) is 18.6 Å². The van der Waals surface area contributed by atoms with E-state index in [4.69, 9.17) is 0 Å². The molecule has 0 bridgehead atoms. The quantitative estimate of drug-likeness (QED) is 0.883. The van der Waals surface area contributed by atoms with Gasteiger partial charge in [0.1, 0.15) is 17.8 Å². The number of piperidine rings is 1. The number of hydrogen-bond acceptors (Lipinski definition) is 3. The number of nitrogens with one attached hydrogen (secondary N) is 1. The van der Waals surface area contributed by atoms with E-state index in [1.54, 1.807) is 6.33 Å². The first-order chi connectivity index (χ1) is 8.72. The molecule has 0 atom stereocenters. The minimum atomic E-state index is 0.515. The Morgan fingerprint density at radius 2 is 2.11 bits per heavy atom. The van der Waals surface area contributed by atoms with Crippen molar-refractivity contribution in [1.29, 1.82) is 0 Å². The van der Waals surface area contributed by atoms with Gasteiger partial charge >= 0.3 is 0 Å². The van der Waals surface area contributed by atoms with Crippen molar-refractivity contribution in [2.24, 2.45) is 5.41 Å². The third kappa shape index (κ3) is 1.85. The Kier molecular flexibility index (Phi) is 2.73. The van der Waals surface area contributed by atoms with Crippen LogP contribution >= 0.6 is 0 Å². The summed E-state index contributed by atoms with van der Waals surface area (Å²) < 4.78 is 0. The van der Waals surface area contributed by atoms with Crippen molar-refractivity contribution >= 4 is 16.9 Å². The van der Waals surface area contributed by atoms with Crippen LogP contribution in [-0.4, -0.2) is 28.0 Å². The van der Waals surface area contributed by atoms with Gasteiger partial charge in [-0.2, -0.15) is 0 Å². The highest BCUT2D eigenvalue weighted by Gasteiger charge is 2.29. The molecule has 0 amide bonds. The topological polar surface area (TPSA) is 44.8 Å². The SMILES string of the molecule is CCC1(C)CCN(c2ncnc3[nH]ccc23)CC1. The van der Waals surface area contributed by atoms with Crippen molar-refractivity contribution in [3.63, 3.8) is 0 Å². The van der Waals surface area contributed by atoms with E-state index >= 15 is 0 Å². The third-order valence-electron chi connectivity index (χ3n) is 4.46. The average molecular weight is 244 g/mol.